The van der Waals surface area contributed by atoms with Crippen molar-refractivity contribution in [2.24, 2.45) is 0 Å². The highest BCUT2D eigenvalue weighted by Crippen LogP contribution is 2.31. The maximum absolute atomic E-state index is 6.21. The van der Waals surface area contributed by atoms with Crippen LogP contribution in [-0.4, -0.2) is 31.6 Å². The Labute approximate surface area is 179 Å². The molecular formula is C24H21N7. The SMILES string of the molecule is CNCc1ccc(-n2c(-c3cccnc3N)nc3ccc(-c4ccncc4)nc32)cc1. The normalized spacial score (nSPS) is 11.1. The zero-order chi connectivity index (χ0) is 21.2. The second-order valence-corrected chi connectivity index (χ2v) is 7.18. The van der Waals surface area contributed by atoms with Gasteiger partial charge in [0.05, 0.1) is 11.3 Å². The van der Waals surface area contributed by atoms with Gasteiger partial charge >= 0.3 is 0 Å². The lowest BCUT2D eigenvalue weighted by atomic mass is 10.1. The maximum atomic E-state index is 6.21. The van der Waals surface area contributed by atoms with Gasteiger partial charge in [-0.2, -0.15) is 0 Å². The van der Waals surface area contributed by atoms with Crippen LogP contribution in [0.15, 0.2) is 79.3 Å². The molecule has 0 aliphatic carbocycles. The number of anilines is 1. The van der Waals surface area contributed by atoms with E-state index < -0.39 is 0 Å². The summed E-state index contributed by atoms with van der Waals surface area (Å²) in [7, 11) is 1.94. The summed E-state index contributed by atoms with van der Waals surface area (Å²) in [5.74, 6) is 1.14. The zero-order valence-electron chi connectivity index (χ0n) is 17.0. The maximum Gasteiger partial charge on any atom is 0.165 e. The minimum Gasteiger partial charge on any atom is -0.383 e. The van der Waals surface area contributed by atoms with Crippen LogP contribution in [0, 0.1) is 0 Å². The quantitative estimate of drug-likeness (QED) is 0.460. The number of fused-ring (bicyclic) bond motifs is 1. The lowest BCUT2D eigenvalue weighted by Gasteiger charge is -2.11. The molecule has 0 radical (unpaired) electrons. The molecular weight excluding hydrogens is 386 g/mol. The molecule has 0 aliphatic heterocycles. The summed E-state index contributed by atoms with van der Waals surface area (Å²) < 4.78 is 2.04. The summed E-state index contributed by atoms with van der Waals surface area (Å²) in [6.07, 6.45) is 5.21. The van der Waals surface area contributed by atoms with Crippen LogP contribution in [0.25, 0.3) is 39.5 Å². The predicted octanol–water partition coefficient (Wildman–Crippen LogP) is 3.85. The van der Waals surface area contributed by atoms with Crippen LogP contribution in [0.5, 0.6) is 0 Å². The fourth-order valence-electron chi connectivity index (χ4n) is 3.64. The van der Waals surface area contributed by atoms with Gasteiger partial charge in [0.15, 0.2) is 11.5 Å². The average Bonchev–Trinajstić information content (AvgIpc) is 3.19. The molecule has 152 valence electrons. The first-order chi connectivity index (χ1) is 15.2. The highest BCUT2D eigenvalue weighted by Gasteiger charge is 2.18. The average molecular weight is 407 g/mol. The van der Waals surface area contributed by atoms with Crippen molar-refractivity contribution in [1.82, 2.24) is 29.8 Å². The summed E-state index contributed by atoms with van der Waals surface area (Å²) in [6, 6.07) is 20.0. The molecule has 7 heteroatoms. The van der Waals surface area contributed by atoms with Crippen LogP contribution in [0.3, 0.4) is 0 Å². The number of hydrogen-bond donors (Lipinski definition) is 2. The summed E-state index contributed by atoms with van der Waals surface area (Å²) in [5, 5.41) is 3.18. The van der Waals surface area contributed by atoms with E-state index in [1.807, 2.05) is 48.0 Å². The number of pyridine rings is 3. The number of nitrogen functional groups attached to an aromatic ring is 1. The van der Waals surface area contributed by atoms with Crippen LogP contribution in [0.2, 0.25) is 0 Å². The van der Waals surface area contributed by atoms with Crippen molar-refractivity contribution in [3.8, 4) is 28.3 Å². The molecule has 4 heterocycles. The largest absolute Gasteiger partial charge is 0.383 e. The molecule has 0 saturated heterocycles. The van der Waals surface area contributed by atoms with Crippen molar-refractivity contribution < 1.29 is 0 Å². The van der Waals surface area contributed by atoms with E-state index >= 15 is 0 Å². The molecule has 5 rings (SSSR count). The Balaban J connectivity index is 1.76. The third kappa shape index (κ3) is 3.51. The van der Waals surface area contributed by atoms with Gasteiger partial charge in [0, 0.05) is 36.4 Å². The molecule has 0 fully saturated rings. The van der Waals surface area contributed by atoms with Crippen LogP contribution in [0.4, 0.5) is 5.82 Å². The molecule has 7 nitrogen and oxygen atoms in total. The second-order valence-electron chi connectivity index (χ2n) is 7.18. The Morgan fingerprint density at radius 2 is 1.71 bits per heavy atom. The number of nitrogens with zero attached hydrogens (tertiary/aromatic N) is 5. The lowest BCUT2D eigenvalue weighted by Crippen LogP contribution is -2.06. The van der Waals surface area contributed by atoms with E-state index in [4.69, 9.17) is 15.7 Å². The van der Waals surface area contributed by atoms with Gasteiger partial charge < -0.3 is 11.1 Å². The number of hydrogen-bond acceptors (Lipinski definition) is 6. The monoisotopic (exact) mass is 407 g/mol. The molecule has 3 N–H and O–H groups in total. The van der Waals surface area contributed by atoms with E-state index in [0.717, 1.165) is 40.2 Å². The van der Waals surface area contributed by atoms with E-state index in [9.17, 15) is 0 Å². The van der Waals surface area contributed by atoms with Crippen LogP contribution in [0.1, 0.15) is 5.56 Å². The van der Waals surface area contributed by atoms with Gasteiger partial charge in [-0.3, -0.25) is 9.55 Å². The van der Waals surface area contributed by atoms with E-state index in [2.05, 4.69) is 39.6 Å². The van der Waals surface area contributed by atoms with Crippen LogP contribution < -0.4 is 11.1 Å². The van der Waals surface area contributed by atoms with Crippen molar-refractivity contribution >= 4 is 17.0 Å². The Morgan fingerprint density at radius 3 is 2.45 bits per heavy atom. The molecule has 1 aromatic carbocycles. The minimum absolute atomic E-state index is 0.431. The molecule has 5 aromatic rings. The molecule has 0 atom stereocenters. The summed E-state index contributed by atoms with van der Waals surface area (Å²) in [5.41, 5.74) is 12.5. The number of benzene rings is 1. The standard InChI is InChI=1S/C24H21N7/c1-26-15-16-4-6-18(7-5-16)31-23(19-3-2-12-28-22(19)25)30-21-9-8-20(29-24(21)31)17-10-13-27-14-11-17/h2-14,26H,15H2,1H3,(H2,25,28). The van der Waals surface area contributed by atoms with Crippen molar-refractivity contribution in [3.05, 3.63) is 84.8 Å². The summed E-state index contributed by atoms with van der Waals surface area (Å²) in [4.78, 5) is 18.2. The van der Waals surface area contributed by atoms with E-state index in [1.165, 1.54) is 5.56 Å². The van der Waals surface area contributed by atoms with Gasteiger partial charge in [-0.15, -0.1) is 0 Å². The first kappa shape index (κ1) is 18.9. The highest BCUT2D eigenvalue weighted by molar-refractivity contribution is 5.84. The van der Waals surface area contributed by atoms with Gasteiger partial charge in [0.2, 0.25) is 0 Å². The number of rotatable bonds is 5. The Hall–Kier alpha value is -4.10. The second kappa shape index (κ2) is 7.97. The van der Waals surface area contributed by atoms with Crippen molar-refractivity contribution in [2.75, 3.05) is 12.8 Å². The summed E-state index contributed by atoms with van der Waals surface area (Å²) in [6.45, 7) is 0.803. The molecule has 0 spiro atoms. The molecule has 0 aliphatic rings. The predicted molar refractivity (Wildman–Crippen MR) is 123 cm³/mol. The fraction of sp³-hybridized carbons (Fsp3) is 0.0833. The van der Waals surface area contributed by atoms with Crippen molar-refractivity contribution in [3.63, 3.8) is 0 Å². The van der Waals surface area contributed by atoms with Crippen LogP contribution in [-0.2, 0) is 6.54 Å². The Morgan fingerprint density at radius 1 is 0.903 bits per heavy atom. The van der Waals surface area contributed by atoms with Crippen LogP contribution >= 0.6 is 0 Å². The Bertz CT molecular complexity index is 1340. The third-order valence-corrected chi connectivity index (χ3v) is 5.14. The molecule has 0 saturated carbocycles. The first-order valence-electron chi connectivity index (χ1n) is 9.99. The van der Waals surface area contributed by atoms with E-state index in [1.54, 1.807) is 18.6 Å². The molecule has 0 amide bonds. The van der Waals surface area contributed by atoms with Gasteiger partial charge in [-0.25, -0.2) is 15.0 Å². The smallest absolute Gasteiger partial charge is 0.165 e. The first-order valence-corrected chi connectivity index (χ1v) is 9.99. The van der Waals surface area contributed by atoms with Crippen molar-refractivity contribution in [2.45, 2.75) is 6.54 Å². The zero-order valence-corrected chi connectivity index (χ0v) is 17.0. The number of imidazole rings is 1. The minimum atomic E-state index is 0.431. The number of nitrogens with two attached hydrogens (primary N) is 1. The van der Waals surface area contributed by atoms with Gasteiger partial charge in [-0.05, 0) is 61.1 Å². The Kier molecular flexibility index (Phi) is 4.86. The van der Waals surface area contributed by atoms with Crippen molar-refractivity contribution in [1.29, 1.82) is 0 Å². The topological polar surface area (TPSA) is 94.5 Å². The molecule has 0 bridgehead atoms. The molecule has 0 unspecified atom stereocenters. The fourth-order valence-corrected chi connectivity index (χ4v) is 3.64. The van der Waals surface area contributed by atoms with Gasteiger partial charge in [0.25, 0.3) is 0 Å². The van der Waals surface area contributed by atoms with Gasteiger partial charge in [-0.1, -0.05) is 12.1 Å². The lowest BCUT2D eigenvalue weighted by molar-refractivity contribution is 0.817. The molecule has 4 aromatic heterocycles. The third-order valence-electron chi connectivity index (χ3n) is 5.14. The summed E-state index contributed by atoms with van der Waals surface area (Å²) >= 11 is 0. The highest BCUT2D eigenvalue weighted by atomic mass is 15.1. The number of aromatic nitrogens is 5. The molecule has 31 heavy (non-hydrogen) atoms. The van der Waals surface area contributed by atoms with Gasteiger partial charge in [0.1, 0.15) is 11.3 Å². The van der Waals surface area contributed by atoms with E-state index in [0.29, 0.717) is 11.6 Å². The van der Waals surface area contributed by atoms with E-state index in [-0.39, 0.29) is 0 Å². The number of nitrogens with one attached hydrogen (secondary N) is 1.